The maximum atomic E-state index is 8.92. The molecule has 3 nitrogen and oxygen atoms in total. The molecule has 0 unspecified atom stereocenters. The van der Waals surface area contributed by atoms with Gasteiger partial charge in [0.25, 0.3) is 0 Å². The number of methoxy groups -OCH3 is 1. The summed E-state index contributed by atoms with van der Waals surface area (Å²) < 4.78 is 7.34. The maximum absolute atomic E-state index is 8.92. The monoisotopic (exact) mass is 262 g/mol. The molecule has 1 heterocycles. The first-order valence-electron chi connectivity index (χ1n) is 6.42. The number of hydrogen-bond acceptors (Lipinski definition) is 2. The van der Waals surface area contributed by atoms with Crippen molar-refractivity contribution in [3.05, 3.63) is 65.9 Å². The van der Waals surface area contributed by atoms with E-state index in [1.165, 1.54) is 5.56 Å². The highest BCUT2D eigenvalue weighted by Crippen LogP contribution is 2.19. The molecule has 0 aliphatic rings. The molecule has 20 heavy (non-hydrogen) atoms. The topological polar surface area (TPSA) is 38.0 Å². The minimum absolute atomic E-state index is 0.694. The predicted octanol–water partition coefficient (Wildman–Crippen LogP) is 3.57. The highest BCUT2D eigenvalue weighted by atomic mass is 16.5. The highest BCUT2D eigenvalue weighted by Gasteiger charge is 2.03. The molecule has 0 spiro atoms. The number of nitriles is 1. The fourth-order valence-corrected chi connectivity index (χ4v) is 2.34. The molecule has 0 saturated heterocycles. The van der Waals surface area contributed by atoms with Crippen LogP contribution in [0.25, 0.3) is 10.9 Å². The lowest BCUT2D eigenvalue weighted by atomic mass is 10.2. The Balaban J connectivity index is 1.92. The average molecular weight is 262 g/mol. The van der Waals surface area contributed by atoms with Gasteiger partial charge in [-0.3, -0.25) is 0 Å². The first-order chi connectivity index (χ1) is 9.80. The van der Waals surface area contributed by atoms with E-state index in [0.717, 1.165) is 23.2 Å². The molecule has 0 amide bonds. The van der Waals surface area contributed by atoms with Crippen molar-refractivity contribution in [3.8, 4) is 11.8 Å². The molecule has 0 atom stereocenters. The standard InChI is InChI=1S/C17H14N2O/c1-20-16-5-2-13(3-6-16)12-19-9-8-15-10-14(11-18)4-7-17(15)19/h2-10H,12H2,1H3. The smallest absolute Gasteiger partial charge is 0.118 e. The summed E-state index contributed by atoms with van der Waals surface area (Å²) in [6.07, 6.45) is 2.05. The molecule has 3 rings (SSSR count). The first kappa shape index (κ1) is 12.3. The molecule has 0 N–H and O–H groups in total. The minimum Gasteiger partial charge on any atom is -0.497 e. The maximum Gasteiger partial charge on any atom is 0.118 e. The van der Waals surface area contributed by atoms with Crippen LogP contribution in [0.1, 0.15) is 11.1 Å². The highest BCUT2D eigenvalue weighted by molar-refractivity contribution is 5.81. The van der Waals surface area contributed by atoms with Gasteiger partial charge in [-0.1, -0.05) is 12.1 Å². The van der Waals surface area contributed by atoms with E-state index in [0.29, 0.717) is 5.56 Å². The molecule has 2 aromatic carbocycles. The summed E-state index contributed by atoms with van der Waals surface area (Å²) in [6.45, 7) is 0.805. The lowest BCUT2D eigenvalue weighted by Gasteiger charge is -2.07. The fraction of sp³-hybridized carbons (Fsp3) is 0.118. The van der Waals surface area contributed by atoms with Crippen molar-refractivity contribution >= 4 is 10.9 Å². The van der Waals surface area contributed by atoms with E-state index in [9.17, 15) is 0 Å². The van der Waals surface area contributed by atoms with Crippen LogP contribution in [0.3, 0.4) is 0 Å². The lowest BCUT2D eigenvalue weighted by Crippen LogP contribution is -1.97. The van der Waals surface area contributed by atoms with Crippen LogP contribution in [-0.2, 0) is 6.54 Å². The third-order valence-corrected chi connectivity index (χ3v) is 3.41. The molecule has 0 saturated carbocycles. The molecule has 0 fully saturated rings. The molecule has 0 radical (unpaired) electrons. The van der Waals surface area contributed by atoms with Gasteiger partial charge < -0.3 is 9.30 Å². The van der Waals surface area contributed by atoms with Gasteiger partial charge in [0.2, 0.25) is 0 Å². The Morgan fingerprint density at radius 2 is 1.90 bits per heavy atom. The molecule has 98 valence electrons. The normalized spacial score (nSPS) is 10.4. The first-order valence-corrected chi connectivity index (χ1v) is 6.42. The van der Waals surface area contributed by atoms with Crippen LogP contribution in [0.2, 0.25) is 0 Å². The Morgan fingerprint density at radius 3 is 2.60 bits per heavy atom. The van der Waals surface area contributed by atoms with Gasteiger partial charge in [-0.15, -0.1) is 0 Å². The molecular formula is C17H14N2O. The number of aromatic nitrogens is 1. The van der Waals surface area contributed by atoms with Crippen LogP contribution < -0.4 is 4.74 Å². The van der Waals surface area contributed by atoms with Gasteiger partial charge in [0, 0.05) is 23.6 Å². The summed E-state index contributed by atoms with van der Waals surface area (Å²) in [5.74, 6) is 0.866. The second kappa shape index (κ2) is 5.10. The van der Waals surface area contributed by atoms with Crippen molar-refractivity contribution in [2.24, 2.45) is 0 Å². The summed E-state index contributed by atoms with van der Waals surface area (Å²) in [5.41, 5.74) is 3.05. The van der Waals surface area contributed by atoms with Crippen molar-refractivity contribution in [1.29, 1.82) is 5.26 Å². The van der Waals surface area contributed by atoms with E-state index >= 15 is 0 Å². The molecule has 0 aliphatic heterocycles. The van der Waals surface area contributed by atoms with Crippen molar-refractivity contribution in [2.75, 3.05) is 7.11 Å². The second-order valence-corrected chi connectivity index (χ2v) is 4.68. The molecule has 3 aromatic rings. The summed E-state index contributed by atoms with van der Waals surface area (Å²) in [7, 11) is 1.67. The van der Waals surface area contributed by atoms with E-state index in [2.05, 4.69) is 29.0 Å². The van der Waals surface area contributed by atoms with Crippen molar-refractivity contribution in [1.82, 2.24) is 4.57 Å². The predicted molar refractivity (Wildman–Crippen MR) is 78.7 cm³/mol. The number of hydrogen-bond donors (Lipinski definition) is 0. The van der Waals surface area contributed by atoms with Gasteiger partial charge in [-0.05, 0) is 42.0 Å². The minimum atomic E-state index is 0.694. The van der Waals surface area contributed by atoms with Crippen LogP contribution in [0.15, 0.2) is 54.7 Å². The van der Waals surface area contributed by atoms with E-state index in [1.54, 1.807) is 7.11 Å². The Bertz CT molecular complexity index is 779. The van der Waals surface area contributed by atoms with Gasteiger partial charge >= 0.3 is 0 Å². The SMILES string of the molecule is COc1ccc(Cn2ccc3cc(C#N)ccc32)cc1. The van der Waals surface area contributed by atoms with E-state index in [4.69, 9.17) is 10.00 Å². The van der Waals surface area contributed by atoms with E-state index in [1.807, 2.05) is 36.4 Å². The Morgan fingerprint density at radius 1 is 1.10 bits per heavy atom. The number of benzene rings is 2. The number of ether oxygens (including phenoxy) is 1. The van der Waals surface area contributed by atoms with Gasteiger partial charge in [-0.2, -0.15) is 5.26 Å². The average Bonchev–Trinajstić information content (AvgIpc) is 2.90. The Kier molecular flexibility index (Phi) is 3.14. The van der Waals surface area contributed by atoms with Gasteiger partial charge in [0.1, 0.15) is 5.75 Å². The zero-order valence-electron chi connectivity index (χ0n) is 11.2. The van der Waals surface area contributed by atoms with Crippen LogP contribution in [0.5, 0.6) is 5.75 Å². The molecule has 3 heteroatoms. The molecule has 0 bridgehead atoms. The Labute approximate surface area is 117 Å². The number of fused-ring (bicyclic) bond motifs is 1. The summed E-state index contributed by atoms with van der Waals surface area (Å²) >= 11 is 0. The number of rotatable bonds is 3. The van der Waals surface area contributed by atoms with E-state index < -0.39 is 0 Å². The summed E-state index contributed by atoms with van der Waals surface area (Å²) in [6, 6.07) is 18.0. The second-order valence-electron chi connectivity index (χ2n) is 4.68. The van der Waals surface area contributed by atoms with Crippen LogP contribution >= 0.6 is 0 Å². The third-order valence-electron chi connectivity index (χ3n) is 3.41. The Hall–Kier alpha value is -2.73. The van der Waals surface area contributed by atoms with Crippen molar-refractivity contribution in [3.63, 3.8) is 0 Å². The van der Waals surface area contributed by atoms with Gasteiger partial charge in [-0.25, -0.2) is 0 Å². The molecule has 1 aromatic heterocycles. The summed E-state index contributed by atoms with van der Waals surface area (Å²) in [5, 5.41) is 10.0. The zero-order chi connectivity index (χ0) is 13.9. The lowest BCUT2D eigenvalue weighted by molar-refractivity contribution is 0.414. The summed E-state index contributed by atoms with van der Waals surface area (Å²) in [4.78, 5) is 0. The molecule has 0 aliphatic carbocycles. The van der Waals surface area contributed by atoms with Gasteiger partial charge in [0.05, 0.1) is 18.7 Å². The fourth-order valence-electron chi connectivity index (χ4n) is 2.34. The third kappa shape index (κ3) is 2.24. The van der Waals surface area contributed by atoms with Crippen molar-refractivity contribution < 1.29 is 4.74 Å². The van der Waals surface area contributed by atoms with Gasteiger partial charge in [0.15, 0.2) is 0 Å². The quantitative estimate of drug-likeness (QED) is 0.723. The number of nitrogens with zero attached hydrogens (tertiary/aromatic N) is 2. The van der Waals surface area contributed by atoms with Crippen molar-refractivity contribution in [2.45, 2.75) is 6.54 Å². The zero-order valence-corrected chi connectivity index (χ0v) is 11.2. The van der Waals surface area contributed by atoms with Crippen LogP contribution in [-0.4, -0.2) is 11.7 Å². The van der Waals surface area contributed by atoms with Crippen LogP contribution in [0.4, 0.5) is 0 Å². The van der Waals surface area contributed by atoms with E-state index in [-0.39, 0.29) is 0 Å². The van der Waals surface area contributed by atoms with Crippen LogP contribution in [0, 0.1) is 11.3 Å². The largest absolute Gasteiger partial charge is 0.497 e. The molecular weight excluding hydrogens is 248 g/mol.